The Bertz CT molecular complexity index is 1490. The molecular weight excluding hydrogens is 432 g/mol. The molecule has 0 saturated heterocycles. The van der Waals surface area contributed by atoms with Gasteiger partial charge in [0.05, 0.1) is 17.1 Å². The van der Waals surface area contributed by atoms with Crippen molar-refractivity contribution in [1.29, 1.82) is 0 Å². The predicted octanol–water partition coefficient (Wildman–Crippen LogP) is 3.40. The van der Waals surface area contributed by atoms with E-state index in [0.717, 1.165) is 11.3 Å². The summed E-state index contributed by atoms with van der Waals surface area (Å²) in [4.78, 5) is 31.8. The number of anilines is 1. The van der Waals surface area contributed by atoms with E-state index < -0.39 is 0 Å². The molecule has 1 amide bonds. The molecule has 5 rings (SSSR count). The number of nitrogens with one attached hydrogen (secondary N) is 2. The van der Waals surface area contributed by atoms with E-state index in [0.29, 0.717) is 28.2 Å². The summed E-state index contributed by atoms with van der Waals surface area (Å²) in [5.74, 6) is 0.926. The van der Waals surface area contributed by atoms with Crippen LogP contribution in [-0.2, 0) is 17.9 Å². The van der Waals surface area contributed by atoms with Crippen molar-refractivity contribution in [2.24, 2.45) is 0 Å². The molecule has 0 unspecified atom stereocenters. The largest absolute Gasteiger partial charge is 0.487 e. The number of aromatic nitrogens is 5. The third-order valence-electron chi connectivity index (χ3n) is 5.08. The Hall–Kier alpha value is -4.79. The number of ether oxygens (including phenoxy) is 1. The number of fused-ring (bicyclic) bond motifs is 1. The number of nitrogens with zero attached hydrogens (tertiary/aromatic N) is 4. The average Bonchev–Trinajstić information content (AvgIpc) is 3.30. The van der Waals surface area contributed by atoms with Crippen molar-refractivity contribution in [3.8, 4) is 17.1 Å². The number of benzene rings is 3. The monoisotopic (exact) mass is 452 g/mol. The van der Waals surface area contributed by atoms with Gasteiger partial charge in [-0.1, -0.05) is 35.5 Å². The van der Waals surface area contributed by atoms with E-state index in [1.54, 1.807) is 24.4 Å². The van der Waals surface area contributed by atoms with Crippen molar-refractivity contribution >= 4 is 22.5 Å². The summed E-state index contributed by atoms with van der Waals surface area (Å²) in [5.41, 5.74) is 2.55. The molecular formula is C25H20N6O3. The van der Waals surface area contributed by atoms with Crippen molar-refractivity contribution in [3.63, 3.8) is 0 Å². The van der Waals surface area contributed by atoms with E-state index >= 15 is 0 Å². The third kappa shape index (κ3) is 4.83. The molecule has 0 radical (unpaired) electrons. The van der Waals surface area contributed by atoms with Crippen LogP contribution in [-0.4, -0.2) is 30.9 Å². The summed E-state index contributed by atoms with van der Waals surface area (Å²) >= 11 is 0. The van der Waals surface area contributed by atoms with Crippen molar-refractivity contribution in [1.82, 2.24) is 25.0 Å². The van der Waals surface area contributed by atoms with Crippen LogP contribution in [0.3, 0.4) is 0 Å². The van der Waals surface area contributed by atoms with E-state index in [1.165, 1.54) is 4.68 Å². The van der Waals surface area contributed by atoms with Gasteiger partial charge in [-0.05, 0) is 48.5 Å². The zero-order chi connectivity index (χ0) is 23.3. The minimum absolute atomic E-state index is 0.0492. The summed E-state index contributed by atoms with van der Waals surface area (Å²) in [6.07, 6.45) is 1.67. The maximum absolute atomic E-state index is 12.3. The highest BCUT2D eigenvalue weighted by Gasteiger charge is 2.09. The summed E-state index contributed by atoms with van der Waals surface area (Å²) in [7, 11) is 0. The number of amides is 1. The maximum Gasteiger partial charge on any atom is 0.259 e. The van der Waals surface area contributed by atoms with Crippen LogP contribution < -0.4 is 15.6 Å². The summed E-state index contributed by atoms with van der Waals surface area (Å²) < 4.78 is 7.24. The minimum Gasteiger partial charge on any atom is -0.487 e. The molecule has 0 bridgehead atoms. The highest BCUT2D eigenvalue weighted by Crippen LogP contribution is 2.20. The highest BCUT2D eigenvalue weighted by atomic mass is 16.5. The number of para-hydroxylation sites is 2. The summed E-state index contributed by atoms with van der Waals surface area (Å²) in [6.45, 7) is 0.248. The Kier molecular flexibility index (Phi) is 5.81. The molecule has 0 fully saturated rings. The zero-order valence-corrected chi connectivity index (χ0v) is 18.0. The Balaban J connectivity index is 1.19. The number of hydrogen-bond donors (Lipinski definition) is 2. The summed E-state index contributed by atoms with van der Waals surface area (Å²) in [5, 5.41) is 11.4. The molecule has 0 saturated carbocycles. The SMILES string of the molecule is O=C(Cn1cc(COc2ccc(-c3nc4ccccc4c(=O)[nH]3)cc2)nn1)Nc1ccccc1. The Morgan fingerprint density at radius 1 is 0.971 bits per heavy atom. The van der Waals surface area contributed by atoms with Crippen molar-refractivity contribution in [2.45, 2.75) is 13.2 Å². The van der Waals surface area contributed by atoms with Crippen LogP contribution in [0.1, 0.15) is 5.69 Å². The van der Waals surface area contributed by atoms with Crippen LogP contribution in [0.4, 0.5) is 5.69 Å². The molecule has 34 heavy (non-hydrogen) atoms. The fourth-order valence-corrected chi connectivity index (χ4v) is 3.44. The quantitative estimate of drug-likeness (QED) is 0.391. The van der Waals surface area contributed by atoms with Gasteiger partial charge in [0.15, 0.2) is 0 Å². The van der Waals surface area contributed by atoms with Gasteiger partial charge in [-0.3, -0.25) is 9.59 Å². The molecule has 3 aromatic carbocycles. The van der Waals surface area contributed by atoms with Crippen molar-refractivity contribution < 1.29 is 9.53 Å². The summed E-state index contributed by atoms with van der Waals surface area (Å²) in [6, 6.07) is 23.7. The zero-order valence-electron chi connectivity index (χ0n) is 18.0. The van der Waals surface area contributed by atoms with Gasteiger partial charge < -0.3 is 15.0 Å². The smallest absolute Gasteiger partial charge is 0.259 e. The van der Waals surface area contributed by atoms with Crippen LogP contribution in [0, 0.1) is 0 Å². The van der Waals surface area contributed by atoms with Gasteiger partial charge in [0.25, 0.3) is 5.56 Å². The van der Waals surface area contributed by atoms with Gasteiger partial charge in [-0.25, -0.2) is 9.67 Å². The number of hydrogen-bond acceptors (Lipinski definition) is 6. The first-order valence-corrected chi connectivity index (χ1v) is 10.6. The van der Waals surface area contributed by atoms with Gasteiger partial charge in [0.1, 0.15) is 30.4 Å². The molecule has 9 nitrogen and oxygen atoms in total. The normalized spacial score (nSPS) is 10.8. The second-order valence-corrected chi connectivity index (χ2v) is 7.57. The standard InChI is InChI=1S/C25H20N6O3/c32-23(26-18-6-2-1-3-7-18)15-31-14-19(29-30-31)16-34-20-12-10-17(11-13-20)24-27-22-9-5-4-8-21(22)25(33)28-24/h1-14H,15-16H2,(H,26,32)(H,27,28,33). The van der Waals surface area contributed by atoms with E-state index in [1.807, 2.05) is 60.7 Å². The molecule has 0 aliphatic rings. The molecule has 2 heterocycles. The third-order valence-corrected chi connectivity index (χ3v) is 5.08. The number of carbonyl (C=O) groups excluding carboxylic acids is 1. The van der Waals surface area contributed by atoms with E-state index in [-0.39, 0.29) is 24.6 Å². The number of carbonyl (C=O) groups is 1. The molecule has 168 valence electrons. The molecule has 0 atom stereocenters. The minimum atomic E-state index is -0.195. The lowest BCUT2D eigenvalue weighted by Crippen LogP contribution is -2.19. The first-order chi connectivity index (χ1) is 16.6. The van der Waals surface area contributed by atoms with Crippen molar-refractivity contribution in [3.05, 3.63) is 101 Å². The maximum atomic E-state index is 12.3. The first kappa shape index (κ1) is 21.1. The Morgan fingerprint density at radius 2 is 1.74 bits per heavy atom. The number of H-pyrrole nitrogens is 1. The van der Waals surface area contributed by atoms with Crippen molar-refractivity contribution in [2.75, 3.05) is 5.32 Å². The second kappa shape index (κ2) is 9.37. The van der Waals surface area contributed by atoms with E-state index in [2.05, 4.69) is 25.6 Å². The van der Waals surface area contributed by atoms with E-state index in [4.69, 9.17) is 4.74 Å². The highest BCUT2D eigenvalue weighted by molar-refractivity contribution is 5.90. The number of rotatable bonds is 7. The van der Waals surface area contributed by atoms with Crippen LogP contribution in [0.15, 0.2) is 89.9 Å². The number of aromatic amines is 1. The van der Waals surface area contributed by atoms with Gasteiger partial charge >= 0.3 is 0 Å². The molecule has 0 spiro atoms. The predicted molar refractivity (Wildman–Crippen MR) is 127 cm³/mol. The molecule has 2 aromatic heterocycles. The lowest BCUT2D eigenvalue weighted by molar-refractivity contribution is -0.116. The Labute approximate surface area is 194 Å². The molecule has 0 aliphatic carbocycles. The lowest BCUT2D eigenvalue weighted by Gasteiger charge is -2.06. The van der Waals surface area contributed by atoms with Gasteiger partial charge in [-0.2, -0.15) is 0 Å². The molecule has 5 aromatic rings. The molecule has 0 aliphatic heterocycles. The van der Waals surface area contributed by atoms with Gasteiger partial charge in [0, 0.05) is 11.3 Å². The molecule has 2 N–H and O–H groups in total. The van der Waals surface area contributed by atoms with Gasteiger partial charge in [0.2, 0.25) is 5.91 Å². The topological polar surface area (TPSA) is 115 Å². The fraction of sp³-hybridized carbons (Fsp3) is 0.0800. The second-order valence-electron chi connectivity index (χ2n) is 7.57. The Morgan fingerprint density at radius 3 is 2.56 bits per heavy atom. The van der Waals surface area contributed by atoms with Crippen LogP contribution >= 0.6 is 0 Å². The molecule has 9 heteroatoms. The van der Waals surface area contributed by atoms with Crippen LogP contribution in [0.2, 0.25) is 0 Å². The first-order valence-electron chi connectivity index (χ1n) is 10.6. The fourth-order valence-electron chi connectivity index (χ4n) is 3.44. The van der Waals surface area contributed by atoms with Crippen LogP contribution in [0.25, 0.3) is 22.3 Å². The van der Waals surface area contributed by atoms with Gasteiger partial charge in [-0.15, -0.1) is 5.10 Å². The van der Waals surface area contributed by atoms with E-state index in [9.17, 15) is 9.59 Å². The average molecular weight is 452 g/mol. The lowest BCUT2D eigenvalue weighted by atomic mass is 10.2. The van der Waals surface area contributed by atoms with Crippen LogP contribution in [0.5, 0.6) is 5.75 Å².